The van der Waals surface area contributed by atoms with E-state index in [9.17, 15) is 8.42 Å². The summed E-state index contributed by atoms with van der Waals surface area (Å²) in [7, 11) is -3.49. The summed E-state index contributed by atoms with van der Waals surface area (Å²) in [5.74, 6) is 0. The summed E-state index contributed by atoms with van der Waals surface area (Å²) in [5.41, 5.74) is 1.76. The molecule has 0 fully saturated rings. The zero-order chi connectivity index (χ0) is 19.3. The van der Waals surface area contributed by atoms with Crippen LogP contribution in [0.2, 0.25) is 0 Å². The molecule has 0 aromatic heterocycles. The van der Waals surface area contributed by atoms with E-state index >= 15 is 0 Å². The molecule has 0 unspecified atom stereocenters. The molecule has 5 heteroatoms. The standard InChI is InChI=1S/C20H36N2O2S/c1-8-22(9-2)14-10-11-17(4)21-25(23,24)19-15-18(20(5,6)7)13-12-16(19)3/h12-13,15,17,21H,8-11,14H2,1-7H3/p+1/t17-/m1/s1. The SMILES string of the molecule is CC[NH+](CC)CCC[C@@H](C)NS(=O)(=O)c1cc(C(C)(C)C)ccc1C. The third kappa shape index (κ3) is 6.72. The van der Waals surface area contributed by atoms with Crippen LogP contribution in [0.3, 0.4) is 0 Å². The Morgan fingerprint density at radius 2 is 1.76 bits per heavy atom. The largest absolute Gasteiger partial charge is 0.335 e. The van der Waals surface area contributed by atoms with Gasteiger partial charge in [0.15, 0.2) is 0 Å². The van der Waals surface area contributed by atoms with E-state index in [0.29, 0.717) is 4.90 Å². The molecule has 1 aromatic rings. The van der Waals surface area contributed by atoms with Crippen LogP contribution in [-0.2, 0) is 15.4 Å². The normalized spacial score (nSPS) is 14.1. The molecule has 0 amide bonds. The Morgan fingerprint density at radius 1 is 1.16 bits per heavy atom. The molecule has 0 aliphatic rings. The molecule has 0 saturated carbocycles. The number of aryl methyl sites for hydroxylation is 1. The fraction of sp³-hybridized carbons (Fsp3) is 0.700. The van der Waals surface area contributed by atoms with Crippen LogP contribution in [0.25, 0.3) is 0 Å². The van der Waals surface area contributed by atoms with Crippen molar-refractivity contribution in [1.82, 2.24) is 4.72 Å². The Labute approximate surface area is 155 Å². The van der Waals surface area contributed by atoms with Crippen LogP contribution in [0.4, 0.5) is 0 Å². The highest BCUT2D eigenvalue weighted by Crippen LogP contribution is 2.26. The molecule has 0 radical (unpaired) electrons. The summed E-state index contributed by atoms with van der Waals surface area (Å²) in [5, 5.41) is 0. The fourth-order valence-electron chi connectivity index (χ4n) is 3.01. The first-order valence-corrected chi connectivity index (χ1v) is 11.0. The lowest BCUT2D eigenvalue weighted by atomic mass is 9.87. The molecular formula is C20H37N2O2S+. The Hall–Kier alpha value is -0.910. The molecule has 0 aliphatic heterocycles. The van der Waals surface area contributed by atoms with Gasteiger partial charge < -0.3 is 4.90 Å². The minimum Gasteiger partial charge on any atom is -0.335 e. The minimum absolute atomic E-state index is 0.0577. The Kier molecular flexibility index (Phi) is 8.10. The molecule has 1 aromatic carbocycles. The summed E-state index contributed by atoms with van der Waals surface area (Å²) < 4.78 is 28.5. The second kappa shape index (κ2) is 9.15. The molecule has 0 saturated heterocycles. The zero-order valence-electron chi connectivity index (χ0n) is 17.1. The van der Waals surface area contributed by atoms with Crippen molar-refractivity contribution in [3.05, 3.63) is 29.3 Å². The predicted molar refractivity (Wildman–Crippen MR) is 106 cm³/mol. The van der Waals surface area contributed by atoms with E-state index in [2.05, 4.69) is 39.3 Å². The first-order valence-electron chi connectivity index (χ1n) is 9.48. The van der Waals surface area contributed by atoms with Crippen molar-refractivity contribution in [3.63, 3.8) is 0 Å². The van der Waals surface area contributed by atoms with Gasteiger partial charge in [0.1, 0.15) is 0 Å². The monoisotopic (exact) mass is 369 g/mol. The molecule has 0 spiro atoms. The minimum atomic E-state index is -3.49. The van der Waals surface area contributed by atoms with Gasteiger partial charge in [0.25, 0.3) is 0 Å². The van der Waals surface area contributed by atoms with Crippen LogP contribution < -0.4 is 9.62 Å². The Morgan fingerprint density at radius 3 is 2.28 bits per heavy atom. The van der Waals surface area contributed by atoms with Gasteiger partial charge in [0.05, 0.1) is 24.5 Å². The van der Waals surface area contributed by atoms with Gasteiger partial charge in [-0.1, -0.05) is 32.9 Å². The number of hydrogen-bond acceptors (Lipinski definition) is 2. The van der Waals surface area contributed by atoms with Crippen molar-refractivity contribution in [3.8, 4) is 0 Å². The first-order chi connectivity index (χ1) is 11.5. The van der Waals surface area contributed by atoms with Crippen LogP contribution in [-0.4, -0.2) is 34.1 Å². The Bertz CT molecular complexity index is 644. The average Bonchev–Trinajstić information content (AvgIpc) is 2.50. The molecule has 1 rings (SSSR count). The van der Waals surface area contributed by atoms with Gasteiger partial charge in [0, 0.05) is 6.04 Å². The smallest absolute Gasteiger partial charge is 0.241 e. The molecular weight excluding hydrogens is 332 g/mol. The van der Waals surface area contributed by atoms with Crippen molar-refractivity contribution in [2.45, 2.75) is 77.7 Å². The van der Waals surface area contributed by atoms with E-state index in [1.165, 1.54) is 0 Å². The lowest BCUT2D eigenvalue weighted by Gasteiger charge is -2.22. The third-order valence-corrected chi connectivity index (χ3v) is 6.60. The molecule has 0 heterocycles. The van der Waals surface area contributed by atoms with Crippen LogP contribution in [0.5, 0.6) is 0 Å². The van der Waals surface area contributed by atoms with Gasteiger partial charge in [-0.3, -0.25) is 0 Å². The number of sulfonamides is 1. The molecule has 0 bridgehead atoms. The summed E-state index contributed by atoms with van der Waals surface area (Å²) in [6.07, 6.45) is 1.89. The van der Waals surface area contributed by atoms with Crippen LogP contribution >= 0.6 is 0 Å². The van der Waals surface area contributed by atoms with Gasteiger partial charge in [-0.05, 0) is 63.1 Å². The predicted octanol–water partition coefficient (Wildman–Crippen LogP) is 2.66. The van der Waals surface area contributed by atoms with Gasteiger partial charge >= 0.3 is 0 Å². The van der Waals surface area contributed by atoms with Crippen molar-refractivity contribution in [2.24, 2.45) is 0 Å². The van der Waals surface area contributed by atoms with Crippen LogP contribution in [0.1, 0.15) is 65.5 Å². The summed E-state index contributed by atoms with van der Waals surface area (Å²) in [4.78, 5) is 1.96. The summed E-state index contributed by atoms with van der Waals surface area (Å²) in [6.45, 7) is 17.8. The number of benzene rings is 1. The van der Waals surface area contributed by atoms with Gasteiger partial charge in [-0.2, -0.15) is 0 Å². The third-order valence-electron chi connectivity index (χ3n) is 4.87. The highest BCUT2D eigenvalue weighted by atomic mass is 32.2. The quantitative estimate of drug-likeness (QED) is 0.703. The Balaban J connectivity index is 2.81. The van der Waals surface area contributed by atoms with E-state index in [0.717, 1.165) is 43.6 Å². The van der Waals surface area contributed by atoms with Crippen molar-refractivity contribution < 1.29 is 13.3 Å². The number of quaternary nitrogens is 1. The lowest BCUT2D eigenvalue weighted by Crippen LogP contribution is -3.11. The highest BCUT2D eigenvalue weighted by molar-refractivity contribution is 7.89. The number of rotatable bonds is 9. The van der Waals surface area contributed by atoms with E-state index < -0.39 is 10.0 Å². The number of hydrogen-bond donors (Lipinski definition) is 2. The van der Waals surface area contributed by atoms with Crippen molar-refractivity contribution in [1.29, 1.82) is 0 Å². The lowest BCUT2D eigenvalue weighted by molar-refractivity contribution is -0.896. The fourth-order valence-corrected chi connectivity index (χ4v) is 4.55. The molecule has 1 atom stereocenters. The second-order valence-corrected chi connectivity index (χ2v) is 9.78. The molecule has 0 aliphatic carbocycles. The topological polar surface area (TPSA) is 50.6 Å². The zero-order valence-corrected chi connectivity index (χ0v) is 17.9. The maximum Gasteiger partial charge on any atom is 0.241 e. The highest BCUT2D eigenvalue weighted by Gasteiger charge is 2.23. The van der Waals surface area contributed by atoms with Gasteiger partial charge in [0.2, 0.25) is 10.0 Å². The van der Waals surface area contributed by atoms with Crippen LogP contribution in [0.15, 0.2) is 23.1 Å². The van der Waals surface area contributed by atoms with Gasteiger partial charge in [-0.25, -0.2) is 13.1 Å². The summed E-state index contributed by atoms with van der Waals surface area (Å²) in [6, 6.07) is 5.69. The molecule has 25 heavy (non-hydrogen) atoms. The van der Waals surface area contributed by atoms with Crippen LogP contribution in [0, 0.1) is 6.92 Å². The van der Waals surface area contributed by atoms with E-state index in [-0.39, 0.29) is 11.5 Å². The number of nitrogens with one attached hydrogen (secondary N) is 2. The molecule has 2 N–H and O–H groups in total. The van der Waals surface area contributed by atoms with E-state index in [1.807, 2.05) is 32.0 Å². The maximum absolute atomic E-state index is 12.8. The second-order valence-electron chi connectivity index (χ2n) is 8.10. The van der Waals surface area contributed by atoms with Gasteiger partial charge in [-0.15, -0.1) is 0 Å². The first kappa shape index (κ1) is 22.1. The van der Waals surface area contributed by atoms with E-state index in [1.54, 1.807) is 4.90 Å². The summed E-state index contributed by atoms with van der Waals surface area (Å²) >= 11 is 0. The van der Waals surface area contributed by atoms with Crippen molar-refractivity contribution in [2.75, 3.05) is 19.6 Å². The average molecular weight is 370 g/mol. The van der Waals surface area contributed by atoms with E-state index in [4.69, 9.17) is 0 Å². The maximum atomic E-state index is 12.8. The molecule has 144 valence electrons. The molecule has 4 nitrogen and oxygen atoms in total. The van der Waals surface area contributed by atoms with Crippen molar-refractivity contribution >= 4 is 10.0 Å².